The molecule has 0 atom stereocenters. The summed E-state index contributed by atoms with van der Waals surface area (Å²) in [6.45, 7) is 11.2. The molecular formula is C27H38N6O4. The first-order chi connectivity index (χ1) is 17.8. The lowest BCUT2D eigenvalue weighted by Crippen LogP contribution is -2.49. The van der Waals surface area contributed by atoms with E-state index < -0.39 is 11.7 Å². The molecule has 10 nitrogen and oxygen atoms in total. The SMILES string of the molecule is CC(C)(C)OC(=O)NCC(=O)NCc1cccc(-c2cnc(N3CCC(N4CCOCC4)CC3)nc2)c1. The van der Waals surface area contributed by atoms with Crippen LogP contribution in [-0.4, -0.2) is 84.4 Å². The second kappa shape index (κ2) is 12.3. The molecule has 2 fully saturated rings. The summed E-state index contributed by atoms with van der Waals surface area (Å²) in [5, 5.41) is 5.28. The molecular weight excluding hydrogens is 472 g/mol. The summed E-state index contributed by atoms with van der Waals surface area (Å²) >= 11 is 0. The molecule has 10 heteroatoms. The maximum absolute atomic E-state index is 12.1. The molecule has 2 aromatic rings. The highest BCUT2D eigenvalue weighted by Crippen LogP contribution is 2.23. The number of nitrogens with one attached hydrogen (secondary N) is 2. The molecule has 2 aliphatic rings. The van der Waals surface area contributed by atoms with Gasteiger partial charge in [-0.3, -0.25) is 9.69 Å². The van der Waals surface area contributed by atoms with E-state index in [-0.39, 0.29) is 12.5 Å². The number of nitrogens with zero attached hydrogens (tertiary/aromatic N) is 4. The molecule has 2 amide bonds. The van der Waals surface area contributed by atoms with E-state index in [0.717, 1.165) is 74.9 Å². The number of hydrogen-bond acceptors (Lipinski definition) is 8. The third-order valence-electron chi connectivity index (χ3n) is 6.49. The number of benzene rings is 1. The quantitative estimate of drug-likeness (QED) is 0.585. The number of piperidine rings is 1. The first-order valence-electron chi connectivity index (χ1n) is 13.0. The number of amides is 2. The minimum absolute atomic E-state index is 0.145. The molecule has 0 unspecified atom stereocenters. The van der Waals surface area contributed by atoms with Crippen molar-refractivity contribution in [3.05, 3.63) is 42.2 Å². The van der Waals surface area contributed by atoms with E-state index >= 15 is 0 Å². The predicted octanol–water partition coefficient (Wildman–Crippen LogP) is 2.59. The van der Waals surface area contributed by atoms with Crippen molar-refractivity contribution < 1.29 is 19.1 Å². The number of carbonyl (C=O) groups excluding carboxylic acids is 2. The second-order valence-corrected chi connectivity index (χ2v) is 10.5. The molecule has 0 bridgehead atoms. The van der Waals surface area contributed by atoms with Gasteiger partial charge in [0, 0.05) is 56.7 Å². The summed E-state index contributed by atoms with van der Waals surface area (Å²) in [4.78, 5) is 37.9. The Balaban J connectivity index is 1.25. The van der Waals surface area contributed by atoms with Gasteiger partial charge in [-0.1, -0.05) is 18.2 Å². The van der Waals surface area contributed by atoms with Crippen LogP contribution in [0, 0.1) is 0 Å². The highest BCUT2D eigenvalue weighted by atomic mass is 16.6. The molecule has 1 aromatic heterocycles. The van der Waals surface area contributed by atoms with Crippen LogP contribution in [0.15, 0.2) is 36.7 Å². The maximum atomic E-state index is 12.1. The van der Waals surface area contributed by atoms with Crippen LogP contribution in [0.3, 0.4) is 0 Å². The number of ether oxygens (including phenoxy) is 2. The van der Waals surface area contributed by atoms with Crippen LogP contribution in [-0.2, 0) is 20.8 Å². The highest BCUT2D eigenvalue weighted by molar-refractivity contribution is 5.82. The van der Waals surface area contributed by atoms with Crippen LogP contribution >= 0.6 is 0 Å². The number of morpholine rings is 1. The van der Waals surface area contributed by atoms with Gasteiger partial charge in [-0.2, -0.15) is 0 Å². The van der Waals surface area contributed by atoms with E-state index in [1.807, 2.05) is 36.7 Å². The van der Waals surface area contributed by atoms with Crippen LogP contribution in [0.25, 0.3) is 11.1 Å². The Morgan fingerprint density at radius 3 is 2.41 bits per heavy atom. The van der Waals surface area contributed by atoms with Gasteiger partial charge >= 0.3 is 6.09 Å². The van der Waals surface area contributed by atoms with Gasteiger partial charge < -0.3 is 25.0 Å². The zero-order valence-corrected chi connectivity index (χ0v) is 22.0. The standard InChI is InChI=1S/C27H38N6O4/c1-27(2,3)37-26(35)31-19-24(34)28-16-20-5-4-6-21(15-20)22-17-29-25(30-18-22)33-9-7-23(8-10-33)32-11-13-36-14-12-32/h4-6,15,17-18,23H,7-14,16,19H2,1-3H3,(H,28,34)(H,31,35). The monoisotopic (exact) mass is 510 g/mol. The van der Waals surface area contributed by atoms with Crippen LogP contribution < -0.4 is 15.5 Å². The summed E-state index contributed by atoms with van der Waals surface area (Å²) in [6.07, 6.45) is 5.34. The van der Waals surface area contributed by atoms with Gasteiger partial charge in [-0.15, -0.1) is 0 Å². The Morgan fingerprint density at radius 1 is 1.03 bits per heavy atom. The Morgan fingerprint density at radius 2 is 1.73 bits per heavy atom. The van der Waals surface area contributed by atoms with Crippen LogP contribution in [0.1, 0.15) is 39.2 Å². The van der Waals surface area contributed by atoms with E-state index in [4.69, 9.17) is 9.47 Å². The predicted molar refractivity (Wildman–Crippen MR) is 141 cm³/mol. The molecule has 0 radical (unpaired) electrons. The molecule has 2 aliphatic heterocycles. The molecule has 2 N–H and O–H groups in total. The fourth-order valence-corrected chi connectivity index (χ4v) is 4.60. The van der Waals surface area contributed by atoms with E-state index in [1.165, 1.54) is 0 Å². The number of anilines is 1. The zero-order chi connectivity index (χ0) is 26.3. The number of alkyl carbamates (subject to hydrolysis) is 1. The molecule has 0 spiro atoms. The molecule has 2 saturated heterocycles. The molecule has 0 aliphatic carbocycles. The normalized spacial score (nSPS) is 17.3. The fraction of sp³-hybridized carbons (Fsp3) is 0.556. The van der Waals surface area contributed by atoms with Crippen molar-refractivity contribution in [2.75, 3.05) is 50.8 Å². The minimum atomic E-state index is -0.616. The van der Waals surface area contributed by atoms with Crippen molar-refractivity contribution in [1.82, 2.24) is 25.5 Å². The van der Waals surface area contributed by atoms with Gasteiger partial charge in [0.15, 0.2) is 0 Å². The molecule has 37 heavy (non-hydrogen) atoms. The van der Waals surface area contributed by atoms with Gasteiger partial charge in [0.2, 0.25) is 11.9 Å². The Labute approximate surface area is 218 Å². The average Bonchev–Trinajstić information content (AvgIpc) is 2.91. The summed E-state index contributed by atoms with van der Waals surface area (Å²) in [5.41, 5.74) is 2.24. The third kappa shape index (κ3) is 8.13. The molecule has 0 saturated carbocycles. The molecule has 3 heterocycles. The van der Waals surface area contributed by atoms with Crippen LogP contribution in [0.2, 0.25) is 0 Å². The number of carbonyl (C=O) groups is 2. The lowest BCUT2D eigenvalue weighted by molar-refractivity contribution is -0.120. The van der Waals surface area contributed by atoms with Crippen molar-refractivity contribution >= 4 is 17.9 Å². The Kier molecular flexibility index (Phi) is 8.94. The summed E-state index contributed by atoms with van der Waals surface area (Å²) in [6, 6.07) is 8.52. The smallest absolute Gasteiger partial charge is 0.408 e. The third-order valence-corrected chi connectivity index (χ3v) is 6.49. The minimum Gasteiger partial charge on any atom is -0.444 e. The van der Waals surface area contributed by atoms with Gasteiger partial charge in [-0.25, -0.2) is 14.8 Å². The molecule has 1 aromatic carbocycles. The average molecular weight is 511 g/mol. The summed E-state index contributed by atoms with van der Waals surface area (Å²) < 4.78 is 10.6. The van der Waals surface area contributed by atoms with E-state index in [1.54, 1.807) is 20.8 Å². The lowest BCUT2D eigenvalue weighted by atomic mass is 10.0. The molecule has 4 rings (SSSR count). The van der Waals surface area contributed by atoms with Gasteiger partial charge in [0.25, 0.3) is 0 Å². The lowest BCUT2D eigenvalue weighted by Gasteiger charge is -2.40. The Hall–Kier alpha value is -3.24. The van der Waals surface area contributed by atoms with Gasteiger partial charge in [0.05, 0.1) is 13.2 Å². The van der Waals surface area contributed by atoms with Crippen molar-refractivity contribution in [2.45, 2.75) is 51.8 Å². The zero-order valence-electron chi connectivity index (χ0n) is 22.0. The fourth-order valence-electron chi connectivity index (χ4n) is 4.60. The van der Waals surface area contributed by atoms with E-state index in [2.05, 4.69) is 30.4 Å². The van der Waals surface area contributed by atoms with Crippen molar-refractivity contribution in [3.63, 3.8) is 0 Å². The first kappa shape index (κ1) is 26.8. The second-order valence-electron chi connectivity index (χ2n) is 10.5. The highest BCUT2D eigenvalue weighted by Gasteiger charge is 2.26. The number of hydrogen-bond donors (Lipinski definition) is 2. The molecule has 200 valence electrons. The number of aromatic nitrogens is 2. The number of rotatable bonds is 7. The topological polar surface area (TPSA) is 109 Å². The van der Waals surface area contributed by atoms with Crippen molar-refractivity contribution in [1.29, 1.82) is 0 Å². The van der Waals surface area contributed by atoms with Gasteiger partial charge in [-0.05, 0) is 50.8 Å². The van der Waals surface area contributed by atoms with Crippen molar-refractivity contribution in [2.24, 2.45) is 0 Å². The van der Waals surface area contributed by atoms with E-state index in [0.29, 0.717) is 12.6 Å². The largest absolute Gasteiger partial charge is 0.444 e. The van der Waals surface area contributed by atoms with Crippen LogP contribution in [0.5, 0.6) is 0 Å². The van der Waals surface area contributed by atoms with Crippen LogP contribution in [0.4, 0.5) is 10.7 Å². The van der Waals surface area contributed by atoms with Crippen molar-refractivity contribution in [3.8, 4) is 11.1 Å². The first-order valence-corrected chi connectivity index (χ1v) is 13.0. The van der Waals surface area contributed by atoms with E-state index in [9.17, 15) is 9.59 Å². The van der Waals surface area contributed by atoms with Gasteiger partial charge in [0.1, 0.15) is 12.1 Å². The maximum Gasteiger partial charge on any atom is 0.408 e. The summed E-state index contributed by atoms with van der Waals surface area (Å²) in [5.74, 6) is 0.478. The Bertz CT molecular complexity index is 1040. The summed E-state index contributed by atoms with van der Waals surface area (Å²) in [7, 11) is 0.